The van der Waals surface area contributed by atoms with Gasteiger partial charge in [-0.3, -0.25) is 4.79 Å². The van der Waals surface area contributed by atoms with E-state index in [1.54, 1.807) is 6.92 Å². The first-order valence-corrected chi connectivity index (χ1v) is 5.15. The molecular formula is C12H13F3O2. The molecule has 0 aliphatic carbocycles. The third-order valence-electron chi connectivity index (χ3n) is 2.47. The molecule has 0 aliphatic rings. The largest absolute Gasteiger partial charge is 0.385 e. The second-order valence-electron chi connectivity index (χ2n) is 3.80. The van der Waals surface area contributed by atoms with E-state index in [4.69, 9.17) is 4.74 Å². The molecule has 0 fully saturated rings. The van der Waals surface area contributed by atoms with Gasteiger partial charge >= 0.3 is 0 Å². The van der Waals surface area contributed by atoms with Gasteiger partial charge in [0.25, 0.3) is 0 Å². The van der Waals surface area contributed by atoms with E-state index in [0.29, 0.717) is 25.2 Å². The van der Waals surface area contributed by atoms with E-state index in [0.717, 1.165) is 0 Å². The van der Waals surface area contributed by atoms with E-state index < -0.39 is 29.2 Å². The molecule has 5 heteroatoms. The quantitative estimate of drug-likeness (QED) is 0.589. The Labute approximate surface area is 97.4 Å². The van der Waals surface area contributed by atoms with Gasteiger partial charge in [-0.25, -0.2) is 13.2 Å². The number of Topliss-reactive ketones (excluding diaryl/α,β-unsaturated/α-hetero) is 1. The topological polar surface area (TPSA) is 26.3 Å². The first-order valence-electron chi connectivity index (χ1n) is 5.15. The van der Waals surface area contributed by atoms with Crippen LogP contribution >= 0.6 is 0 Å². The van der Waals surface area contributed by atoms with Gasteiger partial charge in [0.2, 0.25) is 0 Å². The second kappa shape index (κ2) is 5.82. The Morgan fingerprint density at radius 2 is 1.82 bits per heavy atom. The van der Waals surface area contributed by atoms with Gasteiger partial charge in [-0.05, 0) is 18.6 Å². The fourth-order valence-corrected chi connectivity index (χ4v) is 1.41. The van der Waals surface area contributed by atoms with Gasteiger partial charge in [-0.2, -0.15) is 0 Å². The number of benzene rings is 1. The van der Waals surface area contributed by atoms with Crippen LogP contribution in [0.3, 0.4) is 0 Å². The van der Waals surface area contributed by atoms with Crippen molar-refractivity contribution >= 4 is 5.78 Å². The second-order valence-corrected chi connectivity index (χ2v) is 3.80. The van der Waals surface area contributed by atoms with Crippen LogP contribution in [0.25, 0.3) is 0 Å². The Morgan fingerprint density at radius 3 is 2.29 bits per heavy atom. The lowest BCUT2D eigenvalue weighted by Gasteiger charge is -2.10. The van der Waals surface area contributed by atoms with Crippen LogP contribution in [0.15, 0.2) is 12.1 Å². The number of halogens is 3. The molecule has 94 valence electrons. The zero-order valence-corrected chi connectivity index (χ0v) is 9.60. The van der Waals surface area contributed by atoms with E-state index in [2.05, 4.69) is 0 Å². The normalized spacial score (nSPS) is 12.5. The molecule has 0 heterocycles. The molecular weight excluding hydrogens is 233 g/mol. The van der Waals surface area contributed by atoms with Crippen LogP contribution in [-0.2, 0) is 4.74 Å². The van der Waals surface area contributed by atoms with Crippen molar-refractivity contribution in [3.05, 3.63) is 35.1 Å². The predicted molar refractivity (Wildman–Crippen MR) is 56.3 cm³/mol. The molecule has 1 aromatic carbocycles. The Kier molecular flexibility index (Phi) is 4.69. The van der Waals surface area contributed by atoms with Crippen molar-refractivity contribution in [1.82, 2.24) is 0 Å². The van der Waals surface area contributed by atoms with Crippen LogP contribution in [-0.4, -0.2) is 19.5 Å². The Hall–Kier alpha value is -1.36. The highest BCUT2D eigenvalue weighted by Crippen LogP contribution is 2.18. The number of methoxy groups -OCH3 is 1. The molecule has 1 atom stereocenters. The van der Waals surface area contributed by atoms with E-state index >= 15 is 0 Å². The Balaban J connectivity index is 2.89. The first-order chi connectivity index (χ1) is 7.97. The van der Waals surface area contributed by atoms with Crippen molar-refractivity contribution in [1.29, 1.82) is 0 Å². The summed E-state index contributed by atoms with van der Waals surface area (Å²) in [5, 5.41) is 0. The third kappa shape index (κ3) is 3.30. The van der Waals surface area contributed by atoms with E-state index in [1.807, 2.05) is 0 Å². The summed E-state index contributed by atoms with van der Waals surface area (Å²) < 4.78 is 43.3. The average Bonchev–Trinajstić information content (AvgIpc) is 2.31. The molecule has 0 N–H and O–H groups in total. The van der Waals surface area contributed by atoms with Gasteiger partial charge < -0.3 is 4.74 Å². The molecule has 0 saturated carbocycles. The Bertz CT molecular complexity index is 395. The predicted octanol–water partition coefficient (Wildman–Crippen LogP) is 2.96. The van der Waals surface area contributed by atoms with Gasteiger partial charge in [0.15, 0.2) is 23.2 Å². The maximum absolute atomic E-state index is 12.9. The molecule has 1 rings (SSSR count). The number of carbonyl (C=O) groups is 1. The van der Waals surface area contributed by atoms with Crippen LogP contribution in [0.4, 0.5) is 13.2 Å². The fourth-order valence-electron chi connectivity index (χ4n) is 1.41. The summed E-state index contributed by atoms with van der Waals surface area (Å²) in [5.74, 6) is -5.13. The van der Waals surface area contributed by atoms with Gasteiger partial charge in [0.05, 0.1) is 0 Å². The lowest BCUT2D eigenvalue weighted by Crippen LogP contribution is -2.14. The standard InChI is InChI=1S/C12H13F3O2/c1-7(3-4-17-2)12(16)8-5-9(13)11(15)10(14)6-8/h5-7H,3-4H2,1-2H3. The molecule has 0 aromatic heterocycles. The molecule has 2 nitrogen and oxygen atoms in total. The number of hydrogen-bond donors (Lipinski definition) is 0. The summed E-state index contributed by atoms with van der Waals surface area (Å²) in [7, 11) is 1.49. The van der Waals surface area contributed by atoms with Gasteiger partial charge in [-0.15, -0.1) is 0 Å². The minimum Gasteiger partial charge on any atom is -0.385 e. The van der Waals surface area contributed by atoms with Gasteiger partial charge in [0.1, 0.15) is 0 Å². The maximum Gasteiger partial charge on any atom is 0.194 e. The molecule has 0 spiro atoms. The minimum absolute atomic E-state index is 0.162. The highest BCUT2D eigenvalue weighted by Gasteiger charge is 2.19. The van der Waals surface area contributed by atoms with Crippen molar-refractivity contribution in [2.45, 2.75) is 13.3 Å². The van der Waals surface area contributed by atoms with Gasteiger partial charge in [-0.1, -0.05) is 6.92 Å². The molecule has 0 bridgehead atoms. The zero-order chi connectivity index (χ0) is 13.0. The fraction of sp³-hybridized carbons (Fsp3) is 0.417. The average molecular weight is 246 g/mol. The van der Waals surface area contributed by atoms with Crippen molar-refractivity contribution in [3.63, 3.8) is 0 Å². The summed E-state index contributed by atoms with van der Waals surface area (Å²) >= 11 is 0. The Morgan fingerprint density at radius 1 is 1.29 bits per heavy atom. The van der Waals surface area contributed by atoms with Crippen LogP contribution in [0.5, 0.6) is 0 Å². The number of rotatable bonds is 5. The van der Waals surface area contributed by atoms with Crippen LogP contribution in [0.2, 0.25) is 0 Å². The summed E-state index contributed by atoms with van der Waals surface area (Å²) in [6.07, 6.45) is 0.440. The monoisotopic (exact) mass is 246 g/mol. The molecule has 0 saturated heterocycles. The number of hydrogen-bond acceptors (Lipinski definition) is 2. The van der Waals surface area contributed by atoms with Gasteiger partial charge in [0, 0.05) is 25.2 Å². The highest BCUT2D eigenvalue weighted by atomic mass is 19.2. The van der Waals surface area contributed by atoms with Crippen molar-refractivity contribution < 1.29 is 22.7 Å². The lowest BCUT2D eigenvalue weighted by molar-refractivity contribution is 0.0892. The molecule has 17 heavy (non-hydrogen) atoms. The van der Waals surface area contributed by atoms with E-state index in [9.17, 15) is 18.0 Å². The first kappa shape index (κ1) is 13.7. The molecule has 0 aliphatic heterocycles. The number of ether oxygens (including phenoxy) is 1. The SMILES string of the molecule is COCCC(C)C(=O)c1cc(F)c(F)c(F)c1. The summed E-state index contributed by atoms with van der Waals surface area (Å²) in [6.45, 7) is 2.00. The lowest BCUT2D eigenvalue weighted by atomic mass is 9.96. The van der Waals surface area contributed by atoms with Crippen molar-refractivity contribution in [2.75, 3.05) is 13.7 Å². The zero-order valence-electron chi connectivity index (χ0n) is 9.60. The van der Waals surface area contributed by atoms with Crippen molar-refractivity contribution in [2.24, 2.45) is 5.92 Å². The van der Waals surface area contributed by atoms with Crippen molar-refractivity contribution in [3.8, 4) is 0 Å². The highest BCUT2D eigenvalue weighted by molar-refractivity contribution is 5.97. The number of carbonyl (C=O) groups excluding carboxylic acids is 1. The molecule has 0 radical (unpaired) electrons. The molecule has 1 unspecified atom stereocenters. The van der Waals surface area contributed by atoms with E-state index in [-0.39, 0.29) is 5.56 Å². The molecule has 1 aromatic rings. The number of ketones is 1. The minimum atomic E-state index is -1.56. The summed E-state index contributed by atoms with van der Waals surface area (Å²) in [6, 6.07) is 1.42. The van der Waals surface area contributed by atoms with Crippen LogP contribution < -0.4 is 0 Å². The van der Waals surface area contributed by atoms with E-state index in [1.165, 1.54) is 7.11 Å². The third-order valence-corrected chi connectivity index (χ3v) is 2.47. The molecule has 0 amide bonds. The summed E-state index contributed by atoms with van der Waals surface area (Å²) in [5.41, 5.74) is -0.162. The smallest absolute Gasteiger partial charge is 0.194 e. The summed E-state index contributed by atoms with van der Waals surface area (Å²) in [4.78, 5) is 11.8. The van der Waals surface area contributed by atoms with Crippen LogP contribution in [0, 0.1) is 23.4 Å². The van der Waals surface area contributed by atoms with Crippen LogP contribution in [0.1, 0.15) is 23.7 Å². The maximum atomic E-state index is 12.9.